The number of amides is 1. The molecular formula is C14H27ClN2O4S. The fourth-order valence-electron chi connectivity index (χ4n) is 3.17. The third kappa shape index (κ3) is 5.68. The number of hydrogen-bond donors (Lipinski definition) is 1. The predicted octanol–water partition coefficient (Wildman–Crippen LogP) is 0.603. The summed E-state index contributed by atoms with van der Waals surface area (Å²) >= 11 is 0. The molecule has 2 fully saturated rings. The molecule has 2 unspecified atom stereocenters. The smallest absolute Gasteiger partial charge is 0.224 e. The number of sulfone groups is 1. The second kappa shape index (κ2) is 9.05. The summed E-state index contributed by atoms with van der Waals surface area (Å²) in [5.41, 5.74) is 0. The van der Waals surface area contributed by atoms with Gasteiger partial charge < -0.3 is 15.0 Å². The van der Waals surface area contributed by atoms with E-state index in [1.165, 1.54) is 0 Å². The first-order chi connectivity index (χ1) is 10.0. The van der Waals surface area contributed by atoms with E-state index in [0.29, 0.717) is 26.0 Å². The Hall–Kier alpha value is -0.370. The van der Waals surface area contributed by atoms with E-state index in [1.54, 1.807) is 12.0 Å². The maximum atomic E-state index is 12.5. The van der Waals surface area contributed by atoms with Gasteiger partial charge in [-0.05, 0) is 32.2 Å². The van der Waals surface area contributed by atoms with E-state index < -0.39 is 9.84 Å². The zero-order valence-electron chi connectivity index (χ0n) is 13.1. The third-order valence-corrected chi connectivity index (χ3v) is 6.05. The van der Waals surface area contributed by atoms with Crippen LogP contribution < -0.4 is 5.32 Å². The van der Waals surface area contributed by atoms with E-state index in [1.807, 2.05) is 0 Å². The molecule has 6 nitrogen and oxygen atoms in total. The molecular weight excluding hydrogens is 328 g/mol. The molecule has 8 heteroatoms. The van der Waals surface area contributed by atoms with Crippen LogP contribution in [0.25, 0.3) is 0 Å². The van der Waals surface area contributed by atoms with Crippen LogP contribution in [0.2, 0.25) is 0 Å². The highest BCUT2D eigenvalue weighted by Gasteiger charge is 2.35. The van der Waals surface area contributed by atoms with Gasteiger partial charge in [0.2, 0.25) is 5.91 Å². The summed E-state index contributed by atoms with van der Waals surface area (Å²) in [7, 11) is -1.34. The molecule has 0 aromatic rings. The van der Waals surface area contributed by atoms with Crippen molar-refractivity contribution in [2.45, 2.75) is 44.2 Å². The van der Waals surface area contributed by atoms with E-state index in [9.17, 15) is 13.2 Å². The molecule has 2 aliphatic heterocycles. The molecule has 0 aromatic heterocycles. The number of halogens is 1. The molecule has 2 saturated heterocycles. The van der Waals surface area contributed by atoms with E-state index in [-0.39, 0.29) is 41.9 Å². The molecule has 22 heavy (non-hydrogen) atoms. The Labute approximate surface area is 139 Å². The highest BCUT2D eigenvalue weighted by atomic mass is 35.5. The maximum Gasteiger partial charge on any atom is 0.224 e. The summed E-state index contributed by atoms with van der Waals surface area (Å²) in [6.07, 6.45) is 3.93. The maximum absolute atomic E-state index is 12.5. The number of nitrogens with zero attached hydrogens (tertiary/aromatic N) is 1. The number of rotatable bonds is 7. The number of carbonyl (C=O) groups is 1. The molecule has 0 aliphatic carbocycles. The fraction of sp³-hybridized carbons (Fsp3) is 0.929. The highest BCUT2D eigenvalue weighted by molar-refractivity contribution is 7.91. The van der Waals surface area contributed by atoms with Crippen LogP contribution in [0.1, 0.15) is 32.1 Å². The van der Waals surface area contributed by atoms with Gasteiger partial charge in [-0.25, -0.2) is 8.42 Å². The zero-order valence-corrected chi connectivity index (χ0v) is 14.8. The second-order valence-corrected chi connectivity index (χ2v) is 8.22. The minimum Gasteiger partial charge on any atom is -0.385 e. The quantitative estimate of drug-likeness (QED) is 0.678. The predicted molar refractivity (Wildman–Crippen MR) is 88.2 cm³/mol. The average Bonchev–Trinajstić information content (AvgIpc) is 3.04. The minimum atomic E-state index is -2.97. The van der Waals surface area contributed by atoms with Crippen molar-refractivity contribution >= 4 is 28.2 Å². The topological polar surface area (TPSA) is 75.7 Å². The highest BCUT2D eigenvalue weighted by Crippen LogP contribution is 2.20. The Kier molecular flexibility index (Phi) is 8.10. The van der Waals surface area contributed by atoms with Gasteiger partial charge in [0, 0.05) is 38.8 Å². The summed E-state index contributed by atoms with van der Waals surface area (Å²) in [6, 6.07) is 0.0983. The molecule has 1 amide bonds. The van der Waals surface area contributed by atoms with Crippen LogP contribution in [0.3, 0.4) is 0 Å². The second-order valence-electron chi connectivity index (χ2n) is 5.99. The monoisotopic (exact) mass is 354 g/mol. The molecule has 0 bridgehead atoms. The molecule has 0 radical (unpaired) electrons. The zero-order chi connectivity index (χ0) is 15.3. The SMILES string of the molecule is COCCCN(C(=O)CC1CCCN1)C1CCS(=O)(=O)C1.Cl. The van der Waals surface area contributed by atoms with Gasteiger partial charge in [-0.2, -0.15) is 0 Å². The molecule has 2 aliphatic rings. The standard InChI is InChI=1S/C14H26N2O4S.ClH/c1-20-8-3-7-16(13-5-9-21(18,19)11-13)14(17)10-12-4-2-6-15-12;/h12-13,15H,2-11H2,1H3;1H. The largest absolute Gasteiger partial charge is 0.385 e. The normalized spacial score (nSPS) is 26.6. The van der Waals surface area contributed by atoms with Crippen molar-refractivity contribution in [3.63, 3.8) is 0 Å². The molecule has 2 atom stereocenters. The van der Waals surface area contributed by atoms with Crippen LogP contribution in [0.15, 0.2) is 0 Å². The Bertz CT molecular complexity index is 452. The molecule has 2 heterocycles. The summed E-state index contributed by atoms with van der Waals surface area (Å²) in [6.45, 7) is 2.14. The van der Waals surface area contributed by atoms with Crippen molar-refractivity contribution in [3.05, 3.63) is 0 Å². The van der Waals surface area contributed by atoms with Crippen molar-refractivity contribution < 1.29 is 17.9 Å². The van der Waals surface area contributed by atoms with Gasteiger partial charge >= 0.3 is 0 Å². The number of carbonyl (C=O) groups excluding carboxylic acids is 1. The average molecular weight is 355 g/mol. The molecule has 0 spiro atoms. The summed E-state index contributed by atoms with van der Waals surface area (Å²) in [5, 5.41) is 3.33. The van der Waals surface area contributed by atoms with Crippen molar-refractivity contribution in [1.82, 2.24) is 10.2 Å². The van der Waals surface area contributed by atoms with E-state index in [2.05, 4.69) is 5.32 Å². The van der Waals surface area contributed by atoms with Gasteiger partial charge in [0.25, 0.3) is 0 Å². The third-order valence-electron chi connectivity index (χ3n) is 4.30. The van der Waals surface area contributed by atoms with Crippen molar-refractivity contribution in [1.29, 1.82) is 0 Å². The number of nitrogens with one attached hydrogen (secondary N) is 1. The Morgan fingerprint density at radius 1 is 1.36 bits per heavy atom. The van der Waals surface area contributed by atoms with Crippen molar-refractivity contribution in [2.75, 3.05) is 38.3 Å². The van der Waals surface area contributed by atoms with Gasteiger partial charge in [-0.15, -0.1) is 12.4 Å². The molecule has 130 valence electrons. The van der Waals surface area contributed by atoms with Gasteiger partial charge in [0.1, 0.15) is 0 Å². The van der Waals surface area contributed by atoms with Crippen LogP contribution >= 0.6 is 12.4 Å². The Balaban J connectivity index is 0.00000242. The van der Waals surface area contributed by atoms with Crippen molar-refractivity contribution in [2.24, 2.45) is 0 Å². The van der Waals surface area contributed by atoms with Gasteiger partial charge in [-0.1, -0.05) is 0 Å². The lowest BCUT2D eigenvalue weighted by Crippen LogP contribution is -2.44. The number of hydrogen-bond acceptors (Lipinski definition) is 5. The first-order valence-corrected chi connectivity index (χ1v) is 9.56. The lowest BCUT2D eigenvalue weighted by Gasteiger charge is -2.29. The van der Waals surface area contributed by atoms with Crippen LogP contribution in [0.5, 0.6) is 0 Å². The molecule has 2 rings (SSSR count). The fourth-order valence-corrected chi connectivity index (χ4v) is 4.90. The first kappa shape index (κ1) is 19.7. The number of ether oxygens (including phenoxy) is 1. The van der Waals surface area contributed by atoms with Crippen LogP contribution in [-0.2, 0) is 19.4 Å². The minimum absolute atomic E-state index is 0. The van der Waals surface area contributed by atoms with Crippen molar-refractivity contribution in [3.8, 4) is 0 Å². The lowest BCUT2D eigenvalue weighted by molar-refractivity contribution is -0.133. The van der Waals surface area contributed by atoms with Gasteiger partial charge in [0.05, 0.1) is 11.5 Å². The van der Waals surface area contributed by atoms with E-state index in [0.717, 1.165) is 25.8 Å². The Morgan fingerprint density at radius 2 is 2.14 bits per heavy atom. The lowest BCUT2D eigenvalue weighted by atomic mass is 10.1. The number of methoxy groups -OCH3 is 1. The summed E-state index contributed by atoms with van der Waals surface area (Å²) in [5.74, 6) is 0.393. The van der Waals surface area contributed by atoms with E-state index in [4.69, 9.17) is 4.74 Å². The summed E-state index contributed by atoms with van der Waals surface area (Å²) in [4.78, 5) is 14.3. The van der Waals surface area contributed by atoms with Gasteiger partial charge in [-0.3, -0.25) is 4.79 Å². The first-order valence-electron chi connectivity index (χ1n) is 7.74. The van der Waals surface area contributed by atoms with Gasteiger partial charge in [0.15, 0.2) is 9.84 Å². The van der Waals surface area contributed by atoms with Crippen LogP contribution in [0, 0.1) is 0 Å². The Morgan fingerprint density at radius 3 is 2.68 bits per heavy atom. The molecule has 0 aromatic carbocycles. The summed E-state index contributed by atoms with van der Waals surface area (Å²) < 4.78 is 28.4. The van der Waals surface area contributed by atoms with Crippen LogP contribution in [-0.4, -0.2) is 69.6 Å². The molecule has 1 N–H and O–H groups in total. The molecule has 0 saturated carbocycles. The van der Waals surface area contributed by atoms with Crippen LogP contribution in [0.4, 0.5) is 0 Å². The van der Waals surface area contributed by atoms with E-state index >= 15 is 0 Å².